The standard InChI is InChI=1S/C14H19NO3/c1-14(2,7-8-16)15-13(17)11-9-18-12-6-4-3-5-10(11)12/h3-6,11,16H,7-9H2,1-2H3,(H,15,17). The average Bonchev–Trinajstić information content (AvgIpc) is 2.71. The molecule has 2 rings (SSSR count). The van der Waals surface area contributed by atoms with Crippen molar-refractivity contribution in [3.63, 3.8) is 0 Å². The van der Waals surface area contributed by atoms with Crippen molar-refractivity contribution in [1.82, 2.24) is 5.32 Å². The number of ether oxygens (including phenoxy) is 1. The fourth-order valence-electron chi connectivity index (χ4n) is 2.14. The lowest BCUT2D eigenvalue weighted by Gasteiger charge is -2.26. The van der Waals surface area contributed by atoms with Crippen LogP contribution in [0.3, 0.4) is 0 Å². The second kappa shape index (κ2) is 4.98. The van der Waals surface area contributed by atoms with Gasteiger partial charge in [-0.3, -0.25) is 4.79 Å². The summed E-state index contributed by atoms with van der Waals surface area (Å²) in [5.41, 5.74) is 0.540. The van der Waals surface area contributed by atoms with Gasteiger partial charge >= 0.3 is 0 Å². The highest BCUT2D eigenvalue weighted by atomic mass is 16.5. The zero-order valence-corrected chi connectivity index (χ0v) is 10.8. The molecule has 1 aliphatic rings. The highest BCUT2D eigenvalue weighted by Crippen LogP contribution is 2.33. The predicted molar refractivity (Wildman–Crippen MR) is 68.6 cm³/mol. The normalized spacial score (nSPS) is 18.1. The Bertz CT molecular complexity index is 442. The van der Waals surface area contributed by atoms with E-state index in [-0.39, 0.29) is 18.4 Å². The van der Waals surface area contributed by atoms with Gasteiger partial charge in [0, 0.05) is 17.7 Å². The number of amides is 1. The van der Waals surface area contributed by atoms with E-state index in [1.54, 1.807) is 0 Å². The van der Waals surface area contributed by atoms with Crippen LogP contribution in [0.15, 0.2) is 24.3 Å². The fraction of sp³-hybridized carbons (Fsp3) is 0.500. The summed E-state index contributed by atoms with van der Waals surface area (Å²) in [6.45, 7) is 4.26. The number of aliphatic hydroxyl groups is 1. The third kappa shape index (κ3) is 2.64. The van der Waals surface area contributed by atoms with Gasteiger partial charge < -0.3 is 15.2 Å². The lowest BCUT2D eigenvalue weighted by Crippen LogP contribution is -2.46. The molecule has 0 spiro atoms. The first kappa shape index (κ1) is 12.9. The largest absolute Gasteiger partial charge is 0.492 e. The van der Waals surface area contributed by atoms with E-state index in [1.807, 2.05) is 38.1 Å². The van der Waals surface area contributed by atoms with Crippen LogP contribution in [0.2, 0.25) is 0 Å². The molecule has 0 aromatic heterocycles. The van der Waals surface area contributed by atoms with Gasteiger partial charge in [0.1, 0.15) is 18.3 Å². The molecular formula is C14H19NO3. The molecule has 0 aliphatic carbocycles. The van der Waals surface area contributed by atoms with Crippen molar-refractivity contribution in [2.45, 2.75) is 31.7 Å². The molecule has 1 unspecified atom stereocenters. The Hall–Kier alpha value is -1.55. The highest BCUT2D eigenvalue weighted by molar-refractivity contribution is 5.86. The number of hydrogen-bond donors (Lipinski definition) is 2. The van der Waals surface area contributed by atoms with Gasteiger partial charge in [-0.2, -0.15) is 0 Å². The van der Waals surface area contributed by atoms with Gasteiger partial charge in [-0.25, -0.2) is 0 Å². The van der Waals surface area contributed by atoms with E-state index in [1.165, 1.54) is 0 Å². The summed E-state index contributed by atoms with van der Waals surface area (Å²) in [5, 5.41) is 11.9. The van der Waals surface area contributed by atoms with Crippen molar-refractivity contribution in [2.75, 3.05) is 13.2 Å². The molecule has 2 N–H and O–H groups in total. The molecule has 0 saturated carbocycles. The summed E-state index contributed by atoms with van der Waals surface area (Å²) in [7, 11) is 0. The van der Waals surface area contributed by atoms with E-state index < -0.39 is 5.54 Å². The lowest BCUT2D eigenvalue weighted by atomic mass is 9.96. The second-order valence-corrected chi connectivity index (χ2v) is 5.25. The topological polar surface area (TPSA) is 58.6 Å². The number of nitrogens with one attached hydrogen (secondary N) is 1. The Kier molecular flexibility index (Phi) is 3.57. The summed E-state index contributed by atoms with van der Waals surface area (Å²) < 4.78 is 5.50. The van der Waals surface area contributed by atoms with E-state index in [0.29, 0.717) is 13.0 Å². The summed E-state index contributed by atoms with van der Waals surface area (Å²) in [5.74, 6) is 0.496. The molecule has 4 heteroatoms. The van der Waals surface area contributed by atoms with Crippen molar-refractivity contribution < 1.29 is 14.6 Å². The number of aliphatic hydroxyl groups excluding tert-OH is 1. The van der Waals surface area contributed by atoms with E-state index in [9.17, 15) is 4.79 Å². The molecule has 1 amide bonds. The van der Waals surface area contributed by atoms with Gasteiger partial charge in [0.2, 0.25) is 5.91 Å². The molecule has 0 bridgehead atoms. The minimum atomic E-state index is -0.399. The Morgan fingerprint density at radius 1 is 1.50 bits per heavy atom. The third-order valence-corrected chi connectivity index (χ3v) is 3.21. The van der Waals surface area contributed by atoms with Gasteiger partial charge in [0.15, 0.2) is 0 Å². The fourth-order valence-corrected chi connectivity index (χ4v) is 2.14. The number of hydrogen-bond acceptors (Lipinski definition) is 3. The minimum Gasteiger partial charge on any atom is -0.492 e. The van der Waals surface area contributed by atoms with E-state index in [4.69, 9.17) is 9.84 Å². The van der Waals surface area contributed by atoms with E-state index >= 15 is 0 Å². The Labute approximate surface area is 107 Å². The van der Waals surface area contributed by atoms with Gasteiger partial charge in [-0.15, -0.1) is 0 Å². The number of para-hydroxylation sites is 1. The first-order valence-corrected chi connectivity index (χ1v) is 6.18. The van der Waals surface area contributed by atoms with E-state index in [0.717, 1.165) is 11.3 Å². The smallest absolute Gasteiger partial charge is 0.231 e. The first-order chi connectivity index (χ1) is 8.53. The van der Waals surface area contributed by atoms with Crippen LogP contribution in [-0.2, 0) is 4.79 Å². The van der Waals surface area contributed by atoms with Crippen LogP contribution in [0, 0.1) is 0 Å². The van der Waals surface area contributed by atoms with Crippen LogP contribution in [-0.4, -0.2) is 29.8 Å². The predicted octanol–water partition coefficient (Wildman–Crippen LogP) is 1.44. The molecule has 1 atom stereocenters. The van der Waals surface area contributed by atoms with Crippen molar-refractivity contribution >= 4 is 5.91 Å². The number of carbonyl (C=O) groups excluding carboxylic acids is 1. The van der Waals surface area contributed by atoms with Crippen LogP contribution in [0.4, 0.5) is 0 Å². The Balaban J connectivity index is 2.08. The first-order valence-electron chi connectivity index (χ1n) is 6.18. The maximum absolute atomic E-state index is 12.2. The minimum absolute atomic E-state index is 0.0431. The molecule has 1 aromatic rings. The number of rotatable bonds is 4. The quantitative estimate of drug-likeness (QED) is 0.849. The van der Waals surface area contributed by atoms with Crippen molar-refractivity contribution in [2.24, 2.45) is 0 Å². The van der Waals surface area contributed by atoms with Crippen LogP contribution in [0.5, 0.6) is 5.75 Å². The van der Waals surface area contributed by atoms with Gasteiger partial charge in [-0.05, 0) is 26.3 Å². The Morgan fingerprint density at radius 2 is 2.22 bits per heavy atom. The molecule has 4 nitrogen and oxygen atoms in total. The number of carbonyl (C=O) groups is 1. The lowest BCUT2D eigenvalue weighted by molar-refractivity contribution is -0.124. The van der Waals surface area contributed by atoms with Gasteiger partial charge in [0.25, 0.3) is 0 Å². The van der Waals surface area contributed by atoms with Crippen LogP contribution in [0.25, 0.3) is 0 Å². The molecule has 1 aromatic carbocycles. The van der Waals surface area contributed by atoms with Gasteiger partial charge in [0.05, 0.1) is 0 Å². The molecule has 0 saturated heterocycles. The molecule has 1 aliphatic heterocycles. The maximum Gasteiger partial charge on any atom is 0.231 e. The van der Waals surface area contributed by atoms with Crippen molar-refractivity contribution in [3.8, 4) is 5.75 Å². The molecule has 18 heavy (non-hydrogen) atoms. The summed E-state index contributed by atoms with van der Waals surface area (Å²) in [4.78, 5) is 12.2. The van der Waals surface area contributed by atoms with Crippen LogP contribution < -0.4 is 10.1 Å². The van der Waals surface area contributed by atoms with E-state index in [2.05, 4.69) is 5.32 Å². The van der Waals surface area contributed by atoms with Gasteiger partial charge in [-0.1, -0.05) is 18.2 Å². The van der Waals surface area contributed by atoms with Crippen molar-refractivity contribution in [1.29, 1.82) is 0 Å². The molecule has 98 valence electrons. The summed E-state index contributed by atoms with van der Waals surface area (Å²) in [6.07, 6.45) is 0.536. The van der Waals surface area contributed by atoms with Crippen LogP contribution >= 0.6 is 0 Å². The van der Waals surface area contributed by atoms with Crippen molar-refractivity contribution in [3.05, 3.63) is 29.8 Å². The molecular weight excluding hydrogens is 230 g/mol. The maximum atomic E-state index is 12.2. The van der Waals surface area contributed by atoms with Crippen LogP contribution in [0.1, 0.15) is 31.7 Å². The number of fused-ring (bicyclic) bond motifs is 1. The SMILES string of the molecule is CC(C)(CCO)NC(=O)C1COc2ccccc21. The Morgan fingerprint density at radius 3 is 2.94 bits per heavy atom. The average molecular weight is 249 g/mol. The summed E-state index contributed by atoms with van der Waals surface area (Å²) >= 11 is 0. The summed E-state index contributed by atoms with van der Waals surface area (Å²) in [6, 6.07) is 7.61. The number of benzene rings is 1. The second-order valence-electron chi connectivity index (χ2n) is 5.25. The monoisotopic (exact) mass is 249 g/mol. The third-order valence-electron chi connectivity index (χ3n) is 3.21. The highest BCUT2D eigenvalue weighted by Gasteiger charge is 2.32. The molecule has 1 heterocycles. The molecule has 0 radical (unpaired) electrons. The molecule has 0 fully saturated rings. The zero-order chi connectivity index (χ0) is 13.2. The zero-order valence-electron chi connectivity index (χ0n) is 10.8.